The van der Waals surface area contributed by atoms with Gasteiger partial charge in [0.1, 0.15) is 17.4 Å². The van der Waals surface area contributed by atoms with Crippen molar-refractivity contribution in [2.24, 2.45) is 0 Å². The summed E-state index contributed by atoms with van der Waals surface area (Å²) in [6.07, 6.45) is 3.14. The Balaban J connectivity index is 2.24. The fourth-order valence-corrected chi connectivity index (χ4v) is 2.03. The van der Waals surface area contributed by atoms with Crippen molar-refractivity contribution in [2.45, 2.75) is 20.8 Å². The minimum absolute atomic E-state index is 0.0792. The molecule has 0 saturated heterocycles. The lowest BCUT2D eigenvalue weighted by Gasteiger charge is -2.11. The van der Waals surface area contributed by atoms with Gasteiger partial charge >= 0.3 is 0 Å². The van der Waals surface area contributed by atoms with Crippen molar-refractivity contribution in [3.05, 3.63) is 70.5 Å². The van der Waals surface area contributed by atoms with E-state index in [1.165, 1.54) is 6.08 Å². The van der Waals surface area contributed by atoms with Crippen molar-refractivity contribution in [3.8, 4) is 6.07 Å². The van der Waals surface area contributed by atoms with Crippen LogP contribution in [0.2, 0.25) is 0 Å². The second-order valence-electron chi connectivity index (χ2n) is 5.19. The number of nitrogens with zero attached hydrogens (tertiary/aromatic N) is 2. The second-order valence-corrected chi connectivity index (χ2v) is 5.19. The van der Waals surface area contributed by atoms with Gasteiger partial charge in [-0.2, -0.15) is 5.26 Å². The highest BCUT2D eigenvalue weighted by molar-refractivity contribution is 6.11. The van der Waals surface area contributed by atoms with Crippen molar-refractivity contribution in [3.63, 3.8) is 0 Å². The largest absolute Gasteiger partial charge is 0.444 e. The minimum Gasteiger partial charge on any atom is -0.444 e. The number of rotatable bonds is 3. The lowest BCUT2D eigenvalue weighted by molar-refractivity contribution is 0.103. The molecule has 4 heteroatoms. The maximum absolute atomic E-state index is 12.3. The molecule has 0 spiro atoms. The van der Waals surface area contributed by atoms with Gasteiger partial charge in [0, 0.05) is 18.7 Å². The molecule has 0 radical (unpaired) electrons. The van der Waals surface area contributed by atoms with Crippen molar-refractivity contribution < 1.29 is 9.53 Å². The van der Waals surface area contributed by atoms with Crippen LogP contribution in [0.1, 0.15) is 29.8 Å². The van der Waals surface area contributed by atoms with Gasteiger partial charge in [-0.05, 0) is 26.8 Å². The zero-order chi connectivity index (χ0) is 16.3. The summed E-state index contributed by atoms with van der Waals surface area (Å²) >= 11 is 0. The molecule has 0 saturated carbocycles. The maximum atomic E-state index is 12.3. The number of ketones is 1. The highest BCUT2D eigenvalue weighted by atomic mass is 16.5. The molecule has 1 aromatic carbocycles. The van der Waals surface area contributed by atoms with Gasteiger partial charge in [0.2, 0.25) is 5.78 Å². The van der Waals surface area contributed by atoms with Crippen LogP contribution < -0.4 is 0 Å². The van der Waals surface area contributed by atoms with E-state index in [-0.39, 0.29) is 11.4 Å². The Bertz CT molecular complexity index is 731. The number of ether oxygens (including phenoxy) is 1. The number of nitriles is 1. The molecule has 1 aliphatic rings. The van der Waals surface area contributed by atoms with Gasteiger partial charge in [-0.1, -0.05) is 29.8 Å². The number of hydrogen-bond donors (Lipinski definition) is 0. The smallest absolute Gasteiger partial charge is 0.203 e. The number of benzene rings is 1. The molecule has 0 aliphatic carbocycles. The Hall–Kier alpha value is -2.80. The summed E-state index contributed by atoms with van der Waals surface area (Å²) in [5.74, 6) is 1.12. The Morgan fingerprint density at radius 3 is 2.36 bits per heavy atom. The molecule has 0 fully saturated rings. The Labute approximate surface area is 130 Å². The highest BCUT2D eigenvalue weighted by Crippen LogP contribution is 2.26. The Morgan fingerprint density at radius 1 is 1.23 bits per heavy atom. The standard InChI is InChI=1S/C18H18N2O2/c1-12-5-7-15(8-6-12)18(21)16(11-19)9-10-17-20(4)13(2)14(3)22-17/h5-10H,1-4H3. The average Bonchev–Trinajstić information content (AvgIpc) is 2.75. The SMILES string of the molecule is CC1=C(C)N(C)C(=CC=C(C#N)C(=O)c2ccc(C)cc2)O1. The molecule has 0 bridgehead atoms. The van der Waals surface area contributed by atoms with E-state index in [1.54, 1.807) is 18.2 Å². The Kier molecular flexibility index (Phi) is 4.47. The van der Waals surface area contributed by atoms with E-state index in [1.807, 2.05) is 50.9 Å². The molecular weight excluding hydrogens is 276 g/mol. The zero-order valence-electron chi connectivity index (χ0n) is 13.2. The van der Waals surface area contributed by atoms with Crippen molar-refractivity contribution in [1.82, 2.24) is 4.90 Å². The summed E-state index contributed by atoms with van der Waals surface area (Å²) < 4.78 is 5.58. The van der Waals surface area contributed by atoms with Gasteiger partial charge in [0.25, 0.3) is 0 Å². The number of Topliss-reactive ketones (excluding diaryl/α,β-unsaturated/α-hetero) is 1. The molecule has 1 heterocycles. The van der Waals surface area contributed by atoms with Gasteiger partial charge in [0.15, 0.2) is 5.88 Å². The third-order valence-electron chi connectivity index (χ3n) is 3.67. The average molecular weight is 294 g/mol. The van der Waals surface area contributed by atoms with Gasteiger partial charge in [-0.25, -0.2) is 0 Å². The van der Waals surface area contributed by atoms with E-state index in [4.69, 9.17) is 4.74 Å². The molecule has 0 N–H and O–H groups in total. The highest BCUT2D eigenvalue weighted by Gasteiger charge is 2.19. The molecule has 112 valence electrons. The van der Waals surface area contributed by atoms with E-state index in [0.29, 0.717) is 11.4 Å². The number of hydrogen-bond acceptors (Lipinski definition) is 4. The predicted octanol–water partition coefficient (Wildman–Crippen LogP) is 3.68. The molecule has 0 amide bonds. The first-order chi connectivity index (χ1) is 10.4. The molecule has 4 nitrogen and oxygen atoms in total. The van der Waals surface area contributed by atoms with Crippen LogP contribution in [0.25, 0.3) is 0 Å². The van der Waals surface area contributed by atoms with Crippen LogP contribution in [0.15, 0.2) is 59.3 Å². The fourth-order valence-electron chi connectivity index (χ4n) is 2.03. The van der Waals surface area contributed by atoms with Crippen molar-refractivity contribution >= 4 is 5.78 Å². The van der Waals surface area contributed by atoms with Crippen LogP contribution in [0.3, 0.4) is 0 Å². The first-order valence-electron chi connectivity index (χ1n) is 6.96. The van der Waals surface area contributed by atoms with Crippen LogP contribution >= 0.6 is 0 Å². The Morgan fingerprint density at radius 2 is 1.86 bits per heavy atom. The number of allylic oxidation sites excluding steroid dienone is 5. The summed E-state index contributed by atoms with van der Waals surface area (Å²) in [7, 11) is 1.87. The quantitative estimate of drug-likeness (QED) is 0.485. The fraction of sp³-hybridized carbons (Fsp3) is 0.222. The van der Waals surface area contributed by atoms with Crippen LogP contribution in [0.5, 0.6) is 0 Å². The first-order valence-corrected chi connectivity index (χ1v) is 6.96. The first kappa shape index (κ1) is 15.6. The number of aryl methyl sites for hydroxylation is 1. The van der Waals surface area contributed by atoms with Crippen LogP contribution in [-0.4, -0.2) is 17.7 Å². The summed E-state index contributed by atoms with van der Waals surface area (Å²) in [5, 5.41) is 9.22. The molecule has 2 rings (SSSR count). The summed E-state index contributed by atoms with van der Waals surface area (Å²) in [5.41, 5.74) is 2.65. The van der Waals surface area contributed by atoms with Gasteiger partial charge in [-0.3, -0.25) is 4.79 Å². The lowest BCUT2D eigenvalue weighted by atomic mass is 10.0. The molecule has 1 aromatic rings. The lowest BCUT2D eigenvalue weighted by Crippen LogP contribution is -2.10. The monoisotopic (exact) mass is 294 g/mol. The van der Waals surface area contributed by atoms with Crippen molar-refractivity contribution in [2.75, 3.05) is 7.05 Å². The maximum Gasteiger partial charge on any atom is 0.203 e. The van der Waals surface area contributed by atoms with E-state index in [2.05, 4.69) is 0 Å². The normalized spacial score (nSPS) is 16.8. The van der Waals surface area contributed by atoms with E-state index in [9.17, 15) is 10.1 Å². The van der Waals surface area contributed by atoms with E-state index >= 15 is 0 Å². The number of carbonyl (C=O) groups is 1. The van der Waals surface area contributed by atoms with Crippen LogP contribution in [0, 0.1) is 18.3 Å². The summed E-state index contributed by atoms with van der Waals surface area (Å²) in [6.45, 7) is 5.77. The topological polar surface area (TPSA) is 53.3 Å². The molecule has 0 atom stereocenters. The van der Waals surface area contributed by atoms with Gasteiger partial charge < -0.3 is 9.64 Å². The van der Waals surface area contributed by atoms with Crippen LogP contribution in [-0.2, 0) is 4.74 Å². The summed E-state index contributed by atoms with van der Waals surface area (Å²) in [6, 6.07) is 9.11. The summed E-state index contributed by atoms with van der Waals surface area (Å²) in [4.78, 5) is 14.2. The van der Waals surface area contributed by atoms with Crippen LogP contribution in [0.4, 0.5) is 0 Å². The molecular formula is C18H18N2O2. The second kappa shape index (κ2) is 6.31. The van der Waals surface area contributed by atoms with E-state index in [0.717, 1.165) is 17.0 Å². The van der Waals surface area contributed by atoms with E-state index < -0.39 is 0 Å². The molecule has 0 unspecified atom stereocenters. The number of carbonyl (C=O) groups excluding carboxylic acids is 1. The third kappa shape index (κ3) is 3.09. The predicted molar refractivity (Wildman–Crippen MR) is 84.5 cm³/mol. The van der Waals surface area contributed by atoms with Gasteiger partial charge in [0.05, 0.1) is 5.70 Å². The molecule has 0 aromatic heterocycles. The zero-order valence-corrected chi connectivity index (χ0v) is 13.2. The molecule has 1 aliphatic heterocycles. The van der Waals surface area contributed by atoms with Gasteiger partial charge in [-0.15, -0.1) is 0 Å². The molecule has 22 heavy (non-hydrogen) atoms. The minimum atomic E-state index is -0.290. The third-order valence-corrected chi connectivity index (χ3v) is 3.67. The van der Waals surface area contributed by atoms with Crippen molar-refractivity contribution in [1.29, 1.82) is 5.26 Å².